The number of benzene rings is 5. The molecule has 0 aliphatic heterocycles. The van der Waals surface area contributed by atoms with Crippen molar-refractivity contribution in [3.8, 4) is 22.3 Å². The first kappa shape index (κ1) is 18.6. The molecule has 0 radical (unpaired) electrons. The minimum Gasteiger partial charge on any atom is -0.0616 e. The Morgan fingerprint density at radius 1 is 0.344 bits per heavy atom. The first-order chi connectivity index (χ1) is 15.7. The van der Waals surface area contributed by atoms with Crippen LogP contribution in [0.5, 0.6) is 0 Å². The van der Waals surface area contributed by atoms with Crippen molar-refractivity contribution in [1.82, 2.24) is 0 Å². The molecular formula is C30H16Br2. The quantitative estimate of drug-likeness (QED) is 0.181. The highest BCUT2D eigenvalue weighted by Gasteiger charge is 2.32. The molecule has 0 spiro atoms. The zero-order chi connectivity index (χ0) is 21.4. The molecule has 2 aliphatic rings. The van der Waals surface area contributed by atoms with Crippen LogP contribution in [0.15, 0.2) is 106 Å². The smallest absolute Gasteiger partial charge is 0.0181 e. The van der Waals surface area contributed by atoms with Gasteiger partial charge in [0.1, 0.15) is 0 Å². The van der Waals surface area contributed by atoms with Crippen LogP contribution in [-0.4, -0.2) is 0 Å². The zero-order valence-electron chi connectivity index (χ0n) is 17.0. The molecule has 7 rings (SSSR count). The fourth-order valence-electron chi connectivity index (χ4n) is 5.35. The van der Waals surface area contributed by atoms with Gasteiger partial charge in [0.2, 0.25) is 0 Å². The van der Waals surface area contributed by atoms with Crippen molar-refractivity contribution in [2.24, 2.45) is 0 Å². The lowest BCUT2D eigenvalue weighted by molar-refractivity contribution is 1.59. The van der Waals surface area contributed by atoms with E-state index < -0.39 is 0 Å². The van der Waals surface area contributed by atoms with E-state index in [1.165, 1.54) is 66.4 Å². The molecule has 2 aliphatic carbocycles. The Labute approximate surface area is 203 Å². The lowest BCUT2D eigenvalue weighted by atomic mass is 9.91. The molecule has 0 nitrogen and oxygen atoms in total. The van der Waals surface area contributed by atoms with E-state index in [0.29, 0.717) is 0 Å². The van der Waals surface area contributed by atoms with Gasteiger partial charge < -0.3 is 0 Å². The Bertz CT molecular complexity index is 1640. The minimum atomic E-state index is 1.10. The summed E-state index contributed by atoms with van der Waals surface area (Å²) in [5.74, 6) is 0. The molecule has 150 valence electrons. The zero-order valence-corrected chi connectivity index (χ0v) is 20.2. The Morgan fingerprint density at radius 3 is 1.44 bits per heavy atom. The lowest BCUT2D eigenvalue weighted by Crippen LogP contribution is -1.91. The maximum Gasteiger partial charge on any atom is 0.0181 e. The molecule has 5 aromatic carbocycles. The summed E-state index contributed by atoms with van der Waals surface area (Å²) in [7, 11) is 0. The molecule has 0 aromatic heterocycles. The summed E-state index contributed by atoms with van der Waals surface area (Å²) in [6.45, 7) is 0. The summed E-state index contributed by atoms with van der Waals surface area (Å²) in [6.07, 6.45) is 0. The Balaban J connectivity index is 1.68. The maximum absolute atomic E-state index is 3.73. The van der Waals surface area contributed by atoms with E-state index in [0.717, 1.165) is 8.95 Å². The van der Waals surface area contributed by atoms with Crippen LogP contribution in [-0.2, 0) is 0 Å². The van der Waals surface area contributed by atoms with E-state index in [1.54, 1.807) is 0 Å². The molecule has 0 saturated heterocycles. The van der Waals surface area contributed by atoms with Crippen molar-refractivity contribution in [3.63, 3.8) is 0 Å². The maximum atomic E-state index is 3.73. The largest absolute Gasteiger partial charge is 0.0616 e. The van der Waals surface area contributed by atoms with Crippen LogP contribution in [0.25, 0.3) is 44.2 Å². The standard InChI is InChI=1S/C30H16Br2/c31-19-9-11-22-21-7-3-4-8-24(21)29(27(22)15-19)30-26-14-18-6-2-1-5-17(18)13-25(26)23-12-10-20(32)16-28(23)30/h1-16H/b30-29+. The Kier molecular flexibility index (Phi) is 3.94. The van der Waals surface area contributed by atoms with Gasteiger partial charge in [0, 0.05) is 8.95 Å². The van der Waals surface area contributed by atoms with Gasteiger partial charge in [-0.1, -0.05) is 92.5 Å². The van der Waals surface area contributed by atoms with Gasteiger partial charge in [-0.25, -0.2) is 0 Å². The summed E-state index contributed by atoms with van der Waals surface area (Å²) in [6, 6.07) is 35.5. The summed E-state index contributed by atoms with van der Waals surface area (Å²) in [4.78, 5) is 0. The molecule has 0 saturated carbocycles. The molecule has 2 heteroatoms. The van der Waals surface area contributed by atoms with E-state index in [9.17, 15) is 0 Å². The fraction of sp³-hybridized carbons (Fsp3) is 0. The van der Waals surface area contributed by atoms with E-state index >= 15 is 0 Å². The van der Waals surface area contributed by atoms with Gasteiger partial charge in [-0.05, 0) is 103 Å². The monoisotopic (exact) mass is 534 g/mol. The van der Waals surface area contributed by atoms with Crippen LogP contribution >= 0.6 is 31.9 Å². The molecular weight excluding hydrogens is 520 g/mol. The minimum absolute atomic E-state index is 1.10. The lowest BCUT2D eigenvalue weighted by Gasteiger charge is -2.12. The van der Waals surface area contributed by atoms with Crippen LogP contribution in [0.1, 0.15) is 22.3 Å². The van der Waals surface area contributed by atoms with Crippen LogP contribution in [0, 0.1) is 0 Å². The van der Waals surface area contributed by atoms with E-state index in [4.69, 9.17) is 0 Å². The number of fused-ring (bicyclic) bond motifs is 7. The summed E-state index contributed by atoms with van der Waals surface area (Å²) < 4.78 is 2.21. The molecule has 5 aromatic rings. The third kappa shape index (κ3) is 2.54. The van der Waals surface area contributed by atoms with Gasteiger partial charge in [-0.3, -0.25) is 0 Å². The van der Waals surface area contributed by atoms with Crippen molar-refractivity contribution >= 4 is 53.8 Å². The highest BCUT2D eigenvalue weighted by atomic mass is 79.9. The molecule has 0 heterocycles. The molecule has 0 bridgehead atoms. The summed E-state index contributed by atoms with van der Waals surface area (Å²) in [5, 5.41) is 2.55. The van der Waals surface area contributed by atoms with E-state index in [-0.39, 0.29) is 0 Å². The number of hydrogen-bond acceptors (Lipinski definition) is 0. The Morgan fingerprint density at radius 2 is 0.781 bits per heavy atom. The van der Waals surface area contributed by atoms with Crippen molar-refractivity contribution < 1.29 is 0 Å². The number of rotatable bonds is 0. The predicted molar refractivity (Wildman–Crippen MR) is 142 cm³/mol. The second-order valence-corrected chi connectivity index (χ2v) is 10.3. The number of halogens is 2. The van der Waals surface area contributed by atoms with Gasteiger partial charge in [0.15, 0.2) is 0 Å². The van der Waals surface area contributed by atoms with Crippen molar-refractivity contribution in [2.45, 2.75) is 0 Å². The van der Waals surface area contributed by atoms with Gasteiger partial charge in [-0.15, -0.1) is 0 Å². The van der Waals surface area contributed by atoms with Gasteiger partial charge in [-0.2, -0.15) is 0 Å². The van der Waals surface area contributed by atoms with E-state index in [1.807, 2.05) is 0 Å². The molecule has 0 atom stereocenters. The van der Waals surface area contributed by atoms with Crippen molar-refractivity contribution in [1.29, 1.82) is 0 Å². The fourth-order valence-corrected chi connectivity index (χ4v) is 6.07. The number of hydrogen-bond donors (Lipinski definition) is 0. The van der Waals surface area contributed by atoms with Gasteiger partial charge in [0.05, 0.1) is 0 Å². The van der Waals surface area contributed by atoms with E-state index in [2.05, 4.69) is 129 Å². The second-order valence-electron chi connectivity index (χ2n) is 8.42. The average Bonchev–Trinajstić information content (AvgIpc) is 3.28. The highest BCUT2D eigenvalue weighted by molar-refractivity contribution is 9.10. The van der Waals surface area contributed by atoms with Gasteiger partial charge >= 0.3 is 0 Å². The molecule has 32 heavy (non-hydrogen) atoms. The first-order valence-corrected chi connectivity index (χ1v) is 12.2. The summed E-state index contributed by atoms with van der Waals surface area (Å²) in [5.41, 5.74) is 13.1. The summed E-state index contributed by atoms with van der Waals surface area (Å²) >= 11 is 7.46. The second kappa shape index (κ2) is 6.78. The highest BCUT2D eigenvalue weighted by Crippen LogP contribution is 2.55. The molecule has 0 N–H and O–H groups in total. The van der Waals surface area contributed by atoms with Crippen molar-refractivity contribution in [2.75, 3.05) is 0 Å². The normalized spacial score (nSPS) is 15.4. The Hall–Kier alpha value is -2.94. The predicted octanol–water partition coefficient (Wildman–Crippen LogP) is 9.33. The SMILES string of the molecule is Brc1ccc2c(c1)/C(=C1/c3cc(Br)ccc3-c3cc4ccccc4cc31)c1ccccc1-2. The molecule has 0 fully saturated rings. The van der Waals surface area contributed by atoms with Crippen LogP contribution in [0.3, 0.4) is 0 Å². The van der Waals surface area contributed by atoms with Crippen LogP contribution in [0.2, 0.25) is 0 Å². The average molecular weight is 536 g/mol. The van der Waals surface area contributed by atoms with Crippen molar-refractivity contribution in [3.05, 3.63) is 128 Å². The van der Waals surface area contributed by atoms with Crippen LogP contribution in [0.4, 0.5) is 0 Å². The molecule has 0 amide bonds. The topological polar surface area (TPSA) is 0 Å². The van der Waals surface area contributed by atoms with Gasteiger partial charge in [0.25, 0.3) is 0 Å². The first-order valence-electron chi connectivity index (χ1n) is 10.7. The van der Waals surface area contributed by atoms with Crippen LogP contribution < -0.4 is 0 Å². The third-order valence-corrected chi connectivity index (χ3v) is 7.67. The third-order valence-electron chi connectivity index (χ3n) is 6.68. The molecule has 0 unspecified atom stereocenters.